The van der Waals surface area contributed by atoms with E-state index in [2.05, 4.69) is 43.5 Å². The van der Waals surface area contributed by atoms with Gasteiger partial charge < -0.3 is 5.32 Å². The Labute approximate surface area is 81.2 Å². The topological polar surface area (TPSA) is 12.0 Å². The summed E-state index contributed by atoms with van der Waals surface area (Å²) in [4.78, 5) is 0. The van der Waals surface area contributed by atoms with Crippen LogP contribution in [0, 0.1) is 0 Å². The van der Waals surface area contributed by atoms with Crippen molar-refractivity contribution < 1.29 is 0 Å². The Morgan fingerprint density at radius 1 is 1.46 bits per heavy atom. The molecule has 0 saturated carbocycles. The molecule has 0 amide bonds. The van der Waals surface area contributed by atoms with Gasteiger partial charge in [0.15, 0.2) is 0 Å². The fourth-order valence-electron chi connectivity index (χ4n) is 1.41. The highest BCUT2D eigenvalue weighted by Crippen LogP contribution is 2.06. The molecule has 0 fully saturated rings. The van der Waals surface area contributed by atoms with Gasteiger partial charge in [0.25, 0.3) is 0 Å². The molecule has 0 atom stereocenters. The zero-order valence-corrected chi connectivity index (χ0v) is 8.64. The van der Waals surface area contributed by atoms with E-state index in [4.69, 9.17) is 0 Å². The number of rotatable bonds is 4. The minimum Gasteiger partial charge on any atom is -0.309 e. The van der Waals surface area contributed by atoms with Crippen molar-refractivity contribution >= 4 is 0 Å². The van der Waals surface area contributed by atoms with Gasteiger partial charge in [0, 0.05) is 13.1 Å². The van der Waals surface area contributed by atoms with Gasteiger partial charge in [-0.05, 0) is 18.4 Å². The maximum absolute atomic E-state index is 3.27. The van der Waals surface area contributed by atoms with Crippen LogP contribution in [0.25, 0.3) is 0 Å². The Morgan fingerprint density at radius 2 is 2.23 bits per heavy atom. The summed E-state index contributed by atoms with van der Waals surface area (Å²) in [7, 11) is 0. The van der Waals surface area contributed by atoms with E-state index in [9.17, 15) is 0 Å². The molecule has 13 heavy (non-hydrogen) atoms. The van der Waals surface area contributed by atoms with Crippen LogP contribution in [0.15, 0.2) is 35.5 Å². The van der Waals surface area contributed by atoms with Crippen LogP contribution in [0.3, 0.4) is 0 Å². The fourth-order valence-corrected chi connectivity index (χ4v) is 1.41. The Kier molecular flexibility index (Phi) is 4.55. The average molecular weight is 177 g/mol. The van der Waals surface area contributed by atoms with Crippen LogP contribution >= 0.6 is 0 Å². The lowest BCUT2D eigenvalue weighted by molar-refractivity contribution is 0.882. The molecule has 0 aromatic rings. The van der Waals surface area contributed by atoms with E-state index in [0.717, 1.165) is 25.9 Å². The van der Waals surface area contributed by atoms with Crippen LogP contribution in [0.4, 0.5) is 0 Å². The zero-order valence-electron chi connectivity index (χ0n) is 8.64. The fraction of sp³-hybridized carbons (Fsp3) is 0.500. The van der Waals surface area contributed by atoms with Crippen molar-refractivity contribution in [2.75, 3.05) is 13.1 Å². The van der Waals surface area contributed by atoms with Gasteiger partial charge in [-0.3, -0.25) is 0 Å². The van der Waals surface area contributed by atoms with Crippen molar-refractivity contribution in [3.05, 3.63) is 35.5 Å². The highest BCUT2D eigenvalue weighted by molar-refractivity contribution is 5.27. The standard InChI is InChI=1S/C12H19N/c1-3-11(4-2)6-5-7-12-8-9-13-10-12/h5-8,13H,3-4,9-10H2,1-2H3/b7-5-. The summed E-state index contributed by atoms with van der Waals surface area (Å²) in [6.07, 6.45) is 11.2. The number of allylic oxidation sites excluding steroid dienone is 3. The first kappa shape index (κ1) is 10.3. The normalized spacial score (nSPS) is 16.3. The molecule has 0 aromatic carbocycles. The molecular formula is C12H19N. The van der Waals surface area contributed by atoms with Crippen LogP contribution in [0.5, 0.6) is 0 Å². The molecule has 1 heterocycles. The molecule has 0 aliphatic carbocycles. The molecule has 0 aromatic heterocycles. The predicted molar refractivity (Wildman–Crippen MR) is 58.8 cm³/mol. The number of hydrogen-bond acceptors (Lipinski definition) is 1. The third-order valence-corrected chi connectivity index (χ3v) is 2.39. The largest absolute Gasteiger partial charge is 0.309 e. The molecule has 0 spiro atoms. The SMILES string of the molecule is CCC(=C/C=C\C1=CCNC1)CC. The Morgan fingerprint density at radius 3 is 2.77 bits per heavy atom. The van der Waals surface area contributed by atoms with Gasteiger partial charge in [-0.15, -0.1) is 0 Å². The van der Waals surface area contributed by atoms with E-state index in [1.807, 2.05) is 0 Å². The van der Waals surface area contributed by atoms with Crippen molar-refractivity contribution in [2.45, 2.75) is 26.7 Å². The van der Waals surface area contributed by atoms with Gasteiger partial charge in [-0.1, -0.05) is 43.7 Å². The van der Waals surface area contributed by atoms with Crippen molar-refractivity contribution in [1.82, 2.24) is 5.32 Å². The molecule has 1 nitrogen and oxygen atoms in total. The summed E-state index contributed by atoms with van der Waals surface area (Å²) in [5.74, 6) is 0. The minimum absolute atomic E-state index is 1.03. The quantitative estimate of drug-likeness (QED) is 0.651. The lowest BCUT2D eigenvalue weighted by Crippen LogP contribution is -2.07. The summed E-state index contributed by atoms with van der Waals surface area (Å²) in [6.45, 7) is 6.47. The van der Waals surface area contributed by atoms with Crippen LogP contribution in [-0.2, 0) is 0 Å². The van der Waals surface area contributed by atoms with E-state index >= 15 is 0 Å². The first-order valence-corrected chi connectivity index (χ1v) is 5.12. The molecule has 1 aliphatic rings. The third kappa shape index (κ3) is 3.60. The molecule has 1 rings (SSSR count). The van der Waals surface area contributed by atoms with Crippen LogP contribution in [0.2, 0.25) is 0 Å². The second-order valence-corrected chi connectivity index (χ2v) is 3.30. The van der Waals surface area contributed by atoms with Crippen molar-refractivity contribution in [3.63, 3.8) is 0 Å². The lowest BCUT2D eigenvalue weighted by Gasteiger charge is -1.96. The van der Waals surface area contributed by atoms with Gasteiger partial charge in [-0.2, -0.15) is 0 Å². The third-order valence-electron chi connectivity index (χ3n) is 2.39. The lowest BCUT2D eigenvalue weighted by atomic mass is 10.1. The highest BCUT2D eigenvalue weighted by Gasteiger charge is 1.97. The van der Waals surface area contributed by atoms with Crippen molar-refractivity contribution in [3.8, 4) is 0 Å². The second kappa shape index (κ2) is 5.76. The molecule has 0 radical (unpaired) electrons. The van der Waals surface area contributed by atoms with Gasteiger partial charge >= 0.3 is 0 Å². The summed E-state index contributed by atoms with van der Waals surface area (Å²) < 4.78 is 0. The van der Waals surface area contributed by atoms with Gasteiger partial charge in [0.1, 0.15) is 0 Å². The van der Waals surface area contributed by atoms with E-state index in [1.54, 1.807) is 0 Å². The first-order chi connectivity index (χ1) is 6.36. The van der Waals surface area contributed by atoms with E-state index in [1.165, 1.54) is 11.1 Å². The molecule has 1 heteroatoms. The maximum Gasteiger partial charge on any atom is 0.0205 e. The number of hydrogen-bond donors (Lipinski definition) is 1. The van der Waals surface area contributed by atoms with Gasteiger partial charge in [-0.25, -0.2) is 0 Å². The summed E-state index contributed by atoms with van der Waals surface area (Å²) in [5.41, 5.74) is 2.92. The van der Waals surface area contributed by atoms with Gasteiger partial charge in [0.05, 0.1) is 0 Å². The van der Waals surface area contributed by atoms with Crippen LogP contribution in [0.1, 0.15) is 26.7 Å². The zero-order chi connectivity index (χ0) is 9.52. The summed E-state index contributed by atoms with van der Waals surface area (Å²) in [6, 6.07) is 0. The molecule has 1 N–H and O–H groups in total. The molecule has 0 bridgehead atoms. The predicted octanol–water partition coefficient (Wildman–Crippen LogP) is 2.82. The molecule has 0 saturated heterocycles. The van der Waals surface area contributed by atoms with Crippen molar-refractivity contribution in [2.24, 2.45) is 0 Å². The van der Waals surface area contributed by atoms with E-state index in [-0.39, 0.29) is 0 Å². The van der Waals surface area contributed by atoms with Gasteiger partial charge in [0.2, 0.25) is 0 Å². The van der Waals surface area contributed by atoms with Crippen LogP contribution in [-0.4, -0.2) is 13.1 Å². The Balaban J connectivity index is 2.42. The first-order valence-electron chi connectivity index (χ1n) is 5.12. The second-order valence-electron chi connectivity index (χ2n) is 3.30. The Hall–Kier alpha value is -0.820. The monoisotopic (exact) mass is 177 g/mol. The van der Waals surface area contributed by atoms with Crippen molar-refractivity contribution in [1.29, 1.82) is 0 Å². The Bertz CT molecular complexity index is 228. The maximum atomic E-state index is 3.27. The van der Waals surface area contributed by atoms with E-state index in [0.29, 0.717) is 0 Å². The molecular weight excluding hydrogens is 158 g/mol. The molecule has 1 aliphatic heterocycles. The number of nitrogens with one attached hydrogen (secondary N) is 1. The summed E-state index contributed by atoms with van der Waals surface area (Å²) >= 11 is 0. The summed E-state index contributed by atoms with van der Waals surface area (Å²) in [5, 5.41) is 3.27. The minimum atomic E-state index is 1.03. The molecule has 72 valence electrons. The highest BCUT2D eigenvalue weighted by atomic mass is 14.9. The van der Waals surface area contributed by atoms with Crippen LogP contribution < -0.4 is 5.32 Å². The smallest absolute Gasteiger partial charge is 0.0205 e. The van der Waals surface area contributed by atoms with E-state index < -0.39 is 0 Å². The average Bonchev–Trinajstić information content (AvgIpc) is 2.65. The molecule has 0 unspecified atom stereocenters.